The minimum Gasteiger partial charge on any atom is -0.357 e. The number of guanidine groups is 1. The van der Waals surface area contributed by atoms with Crippen molar-refractivity contribution in [2.24, 2.45) is 4.99 Å². The van der Waals surface area contributed by atoms with Gasteiger partial charge in [-0.3, -0.25) is 4.99 Å². The second kappa shape index (κ2) is 11.4. The Morgan fingerprint density at radius 3 is 2.31 bits per heavy atom. The molecule has 26 heavy (non-hydrogen) atoms. The molecule has 0 aliphatic carbocycles. The Morgan fingerprint density at radius 2 is 1.85 bits per heavy atom. The van der Waals surface area contributed by atoms with Crippen LogP contribution in [0.5, 0.6) is 0 Å². The zero-order valence-electron chi connectivity index (χ0n) is 16.4. The highest BCUT2D eigenvalue weighted by Crippen LogP contribution is 2.15. The minimum atomic E-state index is -3.27. The number of thioether (sulfide) groups is 1. The molecule has 0 atom stereocenters. The predicted octanol–water partition coefficient (Wildman–Crippen LogP) is 2.75. The maximum Gasteiger partial charge on any atom is 0.209 e. The van der Waals surface area contributed by atoms with Crippen molar-refractivity contribution in [2.45, 2.75) is 37.8 Å². The molecule has 0 unspecified atom stereocenters. The summed E-state index contributed by atoms with van der Waals surface area (Å²) >= 11 is 1.72. The molecule has 1 aromatic carbocycles. The van der Waals surface area contributed by atoms with Crippen LogP contribution < -0.4 is 10.0 Å². The van der Waals surface area contributed by atoms with E-state index in [1.165, 1.54) is 10.5 Å². The predicted molar refractivity (Wildman–Crippen MR) is 123 cm³/mol. The first kappa shape index (κ1) is 25.5. The third-order valence-corrected chi connectivity index (χ3v) is 5.03. The van der Waals surface area contributed by atoms with Crippen molar-refractivity contribution in [2.75, 3.05) is 32.6 Å². The van der Waals surface area contributed by atoms with E-state index < -0.39 is 15.6 Å². The second-order valence-corrected chi connectivity index (χ2v) is 9.26. The van der Waals surface area contributed by atoms with Gasteiger partial charge in [0.05, 0.1) is 12.8 Å². The summed E-state index contributed by atoms with van der Waals surface area (Å²) < 4.78 is 25.5. The Balaban J connectivity index is 0.00000625. The van der Waals surface area contributed by atoms with Crippen molar-refractivity contribution in [3.63, 3.8) is 0 Å². The summed E-state index contributed by atoms with van der Waals surface area (Å²) in [6, 6.07) is 8.44. The first-order valence-corrected chi connectivity index (χ1v) is 11.3. The Bertz CT molecular complexity index is 677. The third-order valence-electron chi connectivity index (χ3n) is 3.36. The maximum absolute atomic E-state index is 11.5. The number of rotatable bonds is 8. The van der Waals surface area contributed by atoms with Crippen molar-refractivity contribution in [3.05, 3.63) is 29.8 Å². The SMILES string of the molecule is CCNC(=NCC(C)(C)NS(C)(=O)=O)N(C)Cc1ccc(SC)cc1.I. The topological polar surface area (TPSA) is 73.8 Å². The molecule has 0 amide bonds. The van der Waals surface area contributed by atoms with Crippen LogP contribution in [0.15, 0.2) is 34.2 Å². The van der Waals surface area contributed by atoms with Gasteiger partial charge in [-0.2, -0.15) is 0 Å². The molecule has 150 valence electrons. The van der Waals surface area contributed by atoms with E-state index in [1.54, 1.807) is 11.8 Å². The lowest BCUT2D eigenvalue weighted by molar-refractivity contribution is 0.446. The van der Waals surface area contributed by atoms with E-state index in [4.69, 9.17) is 0 Å². The monoisotopic (exact) mass is 514 g/mol. The lowest BCUT2D eigenvalue weighted by atomic mass is 10.1. The molecule has 0 saturated heterocycles. The molecule has 0 aliphatic heterocycles. The van der Waals surface area contributed by atoms with E-state index in [2.05, 4.69) is 45.6 Å². The van der Waals surface area contributed by atoms with Crippen LogP contribution in [0.3, 0.4) is 0 Å². The molecule has 0 spiro atoms. The number of sulfonamides is 1. The number of nitrogens with zero attached hydrogens (tertiary/aromatic N) is 2. The zero-order chi connectivity index (χ0) is 19.1. The summed E-state index contributed by atoms with van der Waals surface area (Å²) in [5.74, 6) is 0.750. The number of halogens is 1. The van der Waals surface area contributed by atoms with Crippen LogP contribution in [0.2, 0.25) is 0 Å². The molecule has 0 bridgehead atoms. The van der Waals surface area contributed by atoms with E-state index in [9.17, 15) is 8.42 Å². The van der Waals surface area contributed by atoms with Crippen LogP contribution in [-0.2, 0) is 16.6 Å². The van der Waals surface area contributed by atoms with Gasteiger partial charge in [0.25, 0.3) is 0 Å². The molecule has 0 heterocycles. The number of hydrogen-bond donors (Lipinski definition) is 2. The fourth-order valence-corrected chi connectivity index (χ4v) is 3.83. The fourth-order valence-electron chi connectivity index (χ4n) is 2.36. The van der Waals surface area contributed by atoms with Gasteiger partial charge < -0.3 is 10.2 Å². The van der Waals surface area contributed by atoms with Crippen molar-refractivity contribution >= 4 is 51.7 Å². The highest BCUT2D eigenvalue weighted by atomic mass is 127. The first-order chi connectivity index (χ1) is 11.6. The van der Waals surface area contributed by atoms with Gasteiger partial charge in [0, 0.05) is 30.6 Å². The van der Waals surface area contributed by atoms with Crippen molar-refractivity contribution < 1.29 is 8.42 Å². The largest absolute Gasteiger partial charge is 0.357 e. The van der Waals surface area contributed by atoms with Crippen molar-refractivity contribution in [1.82, 2.24) is 14.9 Å². The molecule has 0 saturated carbocycles. The summed E-state index contributed by atoms with van der Waals surface area (Å²) in [6.45, 7) is 7.47. The van der Waals surface area contributed by atoms with E-state index in [-0.39, 0.29) is 24.0 Å². The average molecular weight is 514 g/mol. The van der Waals surface area contributed by atoms with Gasteiger partial charge in [-0.25, -0.2) is 13.1 Å². The summed E-state index contributed by atoms with van der Waals surface area (Å²) in [6.07, 6.45) is 3.22. The van der Waals surface area contributed by atoms with E-state index >= 15 is 0 Å². The van der Waals surface area contributed by atoms with E-state index in [1.807, 2.05) is 32.7 Å². The highest BCUT2D eigenvalue weighted by molar-refractivity contribution is 14.0. The average Bonchev–Trinajstić information content (AvgIpc) is 2.49. The summed E-state index contributed by atoms with van der Waals surface area (Å²) in [4.78, 5) is 7.87. The molecule has 1 rings (SSSR count). The van der Waals surface area contributed by atoms with Crippen molar-refractivity contribution in [3.8, 4) is 0 Å². The molecule has 0 radical (unpaired) electrons. The van der Waals surface area contributed by atoms with Gasteiger partial charge in [0.15, 0.2) is 5.96 Å². The third kappa shape index (κ3) is 9.98. The molecule has 0 fully saturated rings. The zero-order valence-corrected chi connectivity index (χ0v) is 20.3. The molecule has 2 N–H and O–H groups in total. The Hall–Kier alpha value is -0.520. The second-order valence-electron chi connectivity index (χ2n) is 6.63. The van der Waals surface area contributed by atoms with Gasteiger partial charge in [-0.1, -0.05) is 12.1 Å². The standard InChI is InChI=1S/C17H30N4O2S2.HI/c1-7-18-16(19-13-17(2,3)20-25(6,22)23)21(4)12-14-8-10-15(24-5)11-9-14;/h8-11,20H,7,12-13H2,1-6H3,(H,18,19);1H. The normalized spacial score (nSPS) is 12.5. The lowest BCUT2D eigenvalue weighted by Crippen LogP contribution is -2.46. The number of nitrogens with one attached hydrogen (secondary N) is 2. The van der Waals surface area contributed by atoms with Crippen molar-refractivity contribution in [1.29, 1.82) is 0 Å². The Kier molecular flexibility index (Phi) is 11.1. The van der Waals surface area contributed by atoms with Crippen LogP contribution in [-0.4, -0.2) is 57.5 Å². The summed E-state index contributed by atoms with van der Waals surface area (Å²) in [5, 5.41) is 3.26. The van der Waals surface area contributed by atoms with Gasteiger partial charge in [-0.05, 0) is 44.7 Å². The quantitative estimate of drug-likeness (QED) is 0.242. The van der Waals surface area contributed by atoms with Crippen LogP contribution >= 0.6 is 35.7 Å². The van der Waals surface area contributed by atoms with Gasteiger partial charge >= 0.3 is 0 Å². The molecule has 9 heteroatoms. The first-order valence-electron chi connectivity index (χ1n) is 8.17. The maximum atomic E-state index is 11.5. The van der Waals surface area contributed by atoms with Crippen LogP contribution in [0.1, 0.15) is 26.3 Å². The van der Waals surface area contributed by atoms with E-state index in [0.29, 0.717) is 6.54 Å². The Labute approximate surface area is 179 Å². The molecule has 6 nitrogen and oxygen atoms in total. The number of aliphatic imine (C=N–C) groups is 1. The van der Waals surface area contributed by atoms with Crippen LogP contribution in [0.25, 0.3) is 0 Å². The van der Waals surface area contributed by atoms with Gasteiger partial charge in [-0.15, -0.1) is 35.7 Å². The number of hydrogen-bond acceptors (Lipinski definition) is 4. The highest BCUT2D eigenvalue weighted by Gasteiger charge is 2.22. The lowest BCUT2D eigenvalue weighted by Gasteiger charge is -2.26. The van der Waals surface area contributed by atoms with Crippen LogP contribution in [0, 0.1) is 0 Å². The smallest absolute Gasteiger partial charge is 0.209 e. The molecule has 0 aliphatic rings. The molecule has 1 aromatic rings. The minimum absolute atomic E-state index is 0. The molecule has 0 aromatic heterocycles. The summed E-state index contributed by atoms with van der Waals surface area (Å²) in [7, 11) is -1.30. The van der Waals surface area contributed by atoms with E-state index in [0.717, 1.165) is 25.3 Å². The fraction of sp³-hybridized carbons (Fsp3) is 0.588. The summed E-state index contributed by atoms with van der Waals surface area (Å²) in [5.41, 5.74) is 0.550. The Morgan fingerprint density at radius 1 is 1.27 bits per heavy atom. The molecular formula is C17H31IN4O2S2. The number of benzene rings is 1. The van der Waals surface area contributed by atoms with Gasteiger partial charge in [0.2, 0.25) is 10.0 Å². The van der Waals surface area contributed by atoms with Gasteiger partial charge in [0.1, 0.15) is 0 Å². The molecular weight excluding hydrogens is 483 g/mol. The van der Waals surface area contributed by atoms with Crippen LogP contribution in [0.4, 0.5) is 0 Å².